The molecule has 0 aromatic rings. The first-order chi connectivity index (χ1) is 10.8. The number of carboxylic acid groups (broad SMARTS) is 1. The van der Waals surface area contributed by atoms with E-state index in [0.29, 0.717) is 38.0 Å². The van der Waals surface area contributed by atoms with E-state index in [1.807, 2.05) is 6.26 Å². The van der Waals surface area contributed by atoms with Gasteiger partial charge in [-0.3, -0.25) is 9.59 Å². The van der Waals surface area contributed by atoms with Gasteiger partial charge in [-0.2, -0.15) is 11.8 Å². The van der Waals surface area contributed by atoms with E-state index >= 15 is 0 Å². The molecule has 0 spiro atoms. The van der Waals surface area contributed by atoms with E-state index in [0.717, 1.165) is 0 Å². The first-order valence-corrected chi connectivity index (χ1v) is 9.01. The van der Waals surface area contributed by atoms with Crippen LogP contribution in [0.1, 0.15) is 32.6 Å². The second-order valence-corrected chi connectivity index (χ2v) is 6.30. The third-order valence-corrected chi connectivity index (χ3v) is 3.86. The SMILES string of the molecule is CSCCC(NC(=O)C(CCCCN)NC(=O)C(C)N)C(=O)O. The predicted molar refractivity (Wildman–Crippen MR) is 91.1 cm³/mol. The van der Waals surface area contributed by atoms with E-state index in [1.165, 1.54) is 18.7 Å². The normalized spacial score (nSPS) is 14.6. The molecule has 9 heteroatoms. The van der Waals surface area contributed by atoms with Gasteiger partial charge in [-0.25, -0.2) is 4.79 Å². The molecule has 0 saturated carbocycles. The molecule has 0 aromatic carbocycles. The van der Waals surface area contributed by atoms with Crippen molar-refractivity contribution in [3.8, 4) is 0 Å². The molecule has 2 amide bonds. The molecule has 0 saturated heterocycles. The lowest BCUT2D eigenvalue weighted by molar-refractivity contribution is -0.142. The molecule has 0 aliphatic rings. The monoisotopic (exact) mass is 348 g/mol. The number of hydrogen-bond acceptors (Lipinski definition) is 6. The maximum atomic E-state index is 12.3. The van der Waals surface area contributed by atoms with Crippen molar-refractivity contribution in [2.45, 2.75) is 50.7 Å². The molecule has 0 aromatic heterocycles. The summed E-state index contributed by atoms with van der Waals surface area (Å²) in [5.74, 6) is -1.44. The maximum absolute atomic E-state index is 12.3. The van der Waals surface area contributed by atoms with Crippen LogP contribution in [0.4, 0.5) is 0 Å². The highest BCUT2D eigenvalue weighted by Gasteiger charge is 2.26. The molecule has 8 nitrogen and oxygen atoms in total. The lowest BCUT2D eigenvalue weighted by Gasteiger charge is -2.22. The van der Waals surface area contributed by atoms with Gasteiger partial charge in [0.15, 0.2) is 0 Å². The Labute approximate surface area is 141 Å². The summed E-state index contributed by atoms with van der Waals surface area (Å²) in [5, 5.41) is 14.2. The summed E-state index contributed by atoms with van der Waals surface area (Å²) in [4.78, 5) is 35.2. The highest BCUT2D eigenvalue weighted by molar-refractivity contribution is 7.98. The van der Waals surface area contributed by atoms with E-state index < -0.39 is 35.9 Å². The van der Waals surface area contributed by atoms with Crippen LogP contribution in [0.2, 0.25) is 0 Å². The molecule has 0 bridgehead atoms. The van der Waals surface area contributed by atoms with Crippen molar-refractivity contribution < 1.29 is 19.5 Å². The lowest BCUT2D eigenvalue weighted by atomic mass is 10.1. The Kier molecular flexibility index (Phi) is 11.4. The Morgan fingerprint density at radius 2 is 1.70 bits per heavy atom. The highest BCUT2D eigenvalue weighted by atomic mass is 32.2. The fourth-order valence-electron chi connectivity index (χ4n) is 1.83. The average Bonchev–Trinajstić information content (AvgIpc) is 2.49. The molecular formula is C14H28N4O4S. The Bertz CT molecular complexity index is 393. The molecule has 0 aliphatic carbocycles. The highest BCUT2D eigenvalue weighted by Crippen LogP contribution is 2.05. The van der Waals surface area contributed by atoms with Crippen LogP contribution in [0, 0.1) is 0 Å². The smallest absolute Gasteiger partial charge is 0.326 e. The minimum Gasteiger partial charge on any atom is -0.480 e. The zero-order chi connectivity index (χ0) is 17.8. The number of unbranched alkanes of at least 4 members (excludes halogenated alkanes) is 1. The zero-order valence-corrected chi connectivity index (χ0v) is 14.5. The van der Waals surface area contributed by atoms with Crippen molar-refractivity contribution in [2.24, 2.45) is 11.5 Å². The topological polar surface area (TPSA) is 148 Å². The number of thioether (sulfide) groups is 1. The summed E-state index contributed by atoms with van der Waals surface area (Å²) in [6.45, 7) is 2.00. The second kappa shape index (κ2) is 12.1. The summed E-state index contributed by atoms with van der Waals surface area (Å²) in [5.41, 5.74) is 10.9. The summed E-state index contributed by atoms with van der Waals surface area (Å²) < 4.78 is 0. The Balaban J connectivity index is 4.79. The number of amides is 2. The molecule has 0 rings (SSSR count). The van der Waals surface area contributed by atoms with Gasteiger partial charge in [-0.1, -0.05) is 0 Å². The molecule has 134 valence electrons. The van der Waals surface area contributed by atoms with E-state index in [1.54, 1.807) is 0 Å². The third kappa shape index (κ3) is 9.42. The standard InChI is InChI=1S/C14H28N4O4S/c1-9(16)12(19)17-10(5-3-4-7-15)13(20)18-11(14(21)22)6-8-23-2/h9-11H,3-8,15-16H2,1-2H3,(H,17,19)(H,18,20)(H,21,22). The number of carboxylic acids is 1. The van der Waals surface area contributed by atoms with E-state index in [4.69, 9.17) is 16.6 Å². The largest absolute Gasteiger partial charge is 0.480 e. The predicted octanol–water partition coefficient (Wildman–Crippen LogP) is -0.730. The summed E-state index contributed by atoms with van der Waals surface area (Å²) in [7, 11) is 0. The number of nitrogens with one attached hydrogen (secondary N) is 2. The molecule has 0 fully saturated rings. The first kappa shape index (κ1) is 21.7. The van der Waals surface area contributed by atoms with Crippen molar-refractivity contribution in [3.63, 3.8) is 0 Å². The van der Waals surface area contributed by atoms with Gasteiger partial charge in [0.1, 0.15) is 12.1 Å². The number of carbonyl (C=O) groups excluding carboxylic acids is 2. The number of rotatable bonds is 12. The number of aliphatic carboxylic acids is 1. The van der Waals surface area contributed by atoms with E-state index in [2.05, 4.69) is 10.6 Å². The van der Waals surface area contributed by atoms with Gasteiger partial charge in [0.25, 0.3) is 0 Å². The fourth-order valence-corrected chi connectivity index (χ4v) is 2.30. The minimum absolute atomic E-state index is 0.318. The Morgan fingerprint density at radius 1 is 1.09 bits per heavy atom. The van der Waals surface area contributed by atoms with E-state index in [9.17, 15) is 14.4 Å². The maximum Gasteiger partial charge on any atom is 0.326 e. The molecule has 0 aliphatic heterocycles. The van der Waals surface area contributed by atoms with Crippen LogP contribution >= 0.6 is 11.8 Å². The molecule has 3 atom stereocenters. The van der Waals surface area contributed by atoms with Crippen LogP contribution in [-0.4, -0.2) is 59.6 Å². The fraction of sp³-hybridized carbons (Fsp3) is 0.786. The van der Waals surface area contributed by atoms with Crippen molar-refractivity contribution in [1.82, 2.24) is 10.6 Å². The van der Waals surface area contributed by atoms with Crippen molar-refractivity contribution >= 4 is 29.5 Å². The molecular weight excluding hydrogens is 320 g/mol. The van der Waals surface area contributed by atoms with Gasteiger partial charge in [0.2, 0.25) is 11.8 Å². The quantitative estimate of drug-likeness (QED) is 0.292. The van der Waals surface area contributed by atoms with Crippen LogP contribution in [0.25, 0.3) is 0 Å². The first-order valence-electron chi connectivity index (χ1n) is 7.61. The van der Waals surface area contributed by atoms with Gasteiger partial charge in [-0.15, -0.1) is 0 Å². The van der Waals surface area contributed by atoms with Crippen molar-refractivity contribution in [3.05, 3.63) is 0 Å². The molecule has 3 unspecified atom stereocenters. The molecule has 0 heterocycles. The number of nitrogens with two attached hydrogens (primary N) is 2. The second-order valence-electron chi connectivity index (χ2n) is 5.32. The van der Waals surface area contributed by atoms with Gasteiger partial charge >= 0.3 is 5.97 Å². The van der Waals surface area contributed by atoms with Gasteiger partial charge in [0.05, 0.1) is 6.04 Å². The van der Waals surface area contributed by atoms with Crippen LogP contribution < -0.4 is 22.1 Å². The van der Waals surface area contributed by atoms with Crippen LogP contribution in [0.15, 0.2) is 0 Å². The zero-order valence-electron chi connectivity index (χ0n) is 13.7. The summed E-state index contributed by atoms with van der Waals surface area (Å²) >= 11 is 1.50. The lowest BCUT2D eigenvalue weighted by Crippen LogP contribution is -2.54. The number of carbonyl (C=O) groups is 3. The van der Waals surface area contributed by atoms with Crippen molar-refractivity contribution in [2.75, 3.05) is 18.6 Å². The van der Waals surface area contributed by atoms with Crippen LogP contribution in [-0.2, 0) is 14.4 Å². The molecule has 0 radical (unpaired) electrons. The van der Waals surface area contributed by atoms with Crippen LogP contribution in [0.5, 0.6) is 0 Å². The van der Waals surface area contributed by atoms with Crippen LogP contribution in [0.3, 0.4) is 0 Å². The van der Waals surface area contributed by atoms with Gasteiger partial charge in [0, 0.05) is 0 Å². The number of hydrogen-bond donors (Lipinski definition) is 5. The third-order valence-electron chi connectivity index (χ3n) is 3.22. The summed E-state index contributed by atoms with van der Waals surface area (Å²) in [6, 6.07) is -2.53. The average molecular weight is 348 g/mol. The van der Waals surface area contributed by atoms with Gasteiger partial charge in [-0.05, 0) is 51.2 Å². The van der Waals surface area contributed by atoms with Crippen molar-refractivity contribution in [1.29, 1.82) is 0 Å². The molecule has 23 heavy (non-hydrogen) atoms. The Morgan fingerprint density at radius 3 is 2.17 bits per heavy atom. The minimum atomic E-state index is -1.09. The van der Waals surface area contributed by atoms with E-state index in [-0.39, 0.29) is 0 Å². The Hall–Kier alpha value is -1.32. The molecule has 7 N–H and O–H groups in total. The van der Waals surface area contributed by atoms with Gasteiger partial charge < -0.3 is 27.2 Å². The summed E-state index contributed by atoms with van der Waals surface area (Å²) in [6.07, 6.45) is 3.93.